The minimum atomic E-state index is -0.300. The van der Waals surface area contributed by atoms with E-state index in [1.165, 1.54) is 28.2 Å². The van der Waals surface area contributed by atoms with E-state index < -0.39 is 0 Å². The molecule has 0 bridgehead atoms. The molecule has 1 aliphatic rings. The second-order valence-corrected chi connectivity index (χ2v) is 9.85. The molecular weight excluding hydrogens is 461 g/mol. The van der Waals surface area contributed by atoms with Gasteiger partial charge in [0, 0.05) is 40.9 Å². The van der Waals surface area contributed by atoms with Gasteiger partial charge in [-0.15, -0.1) is 0 Å². The van der Waals surface area contributed by atoms with Gasteiger partial charge in [0.1, 0.15) is 5.82 Å². The van der Waals surface area contributed by atoms with Crippen LogP contribution >= 0.6 is 11.6 Å². The number of nitrogens with one attached hydrogen (secondary N) is 1. The molecule has 1 amide bonds. The first-order chi connectivity index (χ1) is 17.0. The number of halogens is 2. The summed E-state index contributed by atoms with van der Waals surface area (Å²) in [7, 11) is 0. The molecule has 4 nitrogen and oxygen atoms in total. The van der Waals surface area contributed by atoms with Crippen molar-refractivity contribution >= 4 is 34.1 Å². The van der Waals surface area contributed by atoms with Crippen LogP contribution in [0.4, 0.5) is 10.1 Å². The van der Waals surface area contributed by atoms with Crippen molar-refractivity contribution in [3.05, 3.63) is 100 Å². The Morgan fingerprint density at radius 1 is 1.00 bits per heavy atom. The van der Waals surface area contributed by atoms with E-state index in [1.807, 2.05) is 18.2 Å². The lowest BCUT2D eigenvalue weighted by Crippen LogP contribution is -2.38. The maximum Gasteiger partial charge on any atom is 0.227 e. The summed E-state index contributed by atoms with van der Waals surface area (Å²) in [4.78, 5) is 15.2. The second-order valence-electron chi connectivity index (χ2n) is 9.41. The van der Waals surface area contributed by atoms with Crippen LogP contribution in [0.1, 0.15) is 29.7 Å². The fourth-order valence-corrected chi connectivity index (χ4v) is 5.11. The largest absolute Gasteiger partial charge is 0.339 e. The molecule has 0 radical (unpaired) electrons. The van der Waals surface area contributed by atoms with Crippen molar-refractivity contribution in [2.75, 3.05) is 18.4 Å². The number of fused-ring (bicyclic) bond motifs is 1. The Bertz CT molecular complexity index is 1360. The van der Waals surface area contributed by atoms with Gasteiger partial charge >= 0.3 is 0 Å². The fourth-order valence-electron chi connectivity index (χ4n) is 4.90. The number of rotatable bonds is 6. The molecule has 0 spiro atoms. The monoisotopic (exact) mass is 489 g/mol. The number of carbonyl (C=O) groups is 1. The molecule has 35 heavy (non-hydrogen) atoms. The zero-order valence-corrected chi connectivity index (χ0v) is 20.6. The average Bonchev–Trinajstić information content (AvgIpc) is 3.18. The van der Waals surface area contributed by atoms with E-state index in [0.29, 0.717) is 11.3 Å². The zero-order valence-electron chi connectivity index (χ0n) is 19.8. The number of para-hydroxylation sites is 1. The maximum absolute atomic E-state index is 13.8. The number of nitrogens with zero attached hydrogens (tertiary/aromatic N) is 2. The van der Waals surface area contributed by atoms with Gasteiger partial charge in [-0.2, -0.15) is 0 Å². The summed E-state index contributed by atoms with van der Waals surface area (Å²) >= 11 is 6.23. The van der Waals surface area contributed by atoms with Crippen molar-refractivity contribution in [3.8, 4) is 0 Å². The molecule has 6 heteroatoms. The van der Waals surface area contributed by atoms with Gasteiger partial charge in [-0.3, -0.25) is 9.69 Å². The molecule has 3 aromatic carbocycles. The highest BCUT2D eigenvalue weighted by Crippen LogP contribution is 2.26. The highest BCUT2D eigenvalue weighted by atomic mass is 35.5. The summed E-state index contributed by atoms with van der Waals surface area (Å²) in [6, 6.07) is 23.6. The summed E-state index contributed by atoms with van der Waals surface area (Å²) in [5.41, 5.74) is 4.73. The number of hydrogen-bond donors (Lipinski definition) is 1. The standard InChI is InChI=1S/C29H29ClFN3O/c1-20-9-10-25(17-27(20)31)32-29(35)22-11-13-33(14-12-22)19-26-16-23-6-2-3-8-28(23)34(26)18-21-5-4-7-24(30)15-21/h2-10,15-17,22H,11-14,18-19H2,1H3,(H,32,35). The molecule has 4 aromatic rings. The Morgan fingerprint density at radius 3 is 2.57 bits per heavy atom. The molecule has 0 saturated carbocycles. The van der Waals surface area contributed by atoms with E-state index in [9.17, 15) is 9.18 Å². The quantitative estimate of drug-likeness (QED) is 0.329. The van der Waals surface area contributed by atoms with Gasteiger partial charge in [-0.1, -0.05) is 48.0 Å². The molecule has 1 aromatic heterocycles. The summed E-state index contributed by atoms with van der Waals surface area (Å²) in [5.74, 6) is -0.387. The van der Waals surface area contributed by atoms with Gasteiger partial charge in [0.2, 0.25) is 5.91 Å². The van der Waals surface area contributed by atoms with Gasteiger partial charge in [-0.25, -0.2) is 4.39 Å². The van der Waals surface area contributed by atoms with Crippen LogP contribution in [0.25, 0.3) is 10.9 Å². The number of aromatic nitrogens is 1. The molecular formula is C29H29ClFN3O. The van der Waals surface area contributed by atoms with Crippen LogP contribution in [0, 0.1) is 18.7 Å². The predicted octanol–water partition coefficient (Wildman–Crippen LogP) is 6.64. The Balaban J connectivity index is 1.26. The van der Waals surface area contributed by atoms with Crippen molar-refractivity contribution in [2.45, 2.75) is 32.9 Å². The van der Waals surface area contributed by atoms with Crippen LogP contribution in [0.2, 0.25) is 5.02 Å². The van der Waals surface area contributed by atoms with Gasteiger partial charge in [0.15, 0.2) is 0 Å². The maximum atomic E-state index is 13.8. The lowest BCUT2D eigenvalue weighted by atomic mass is 9.95. The third-order valence-electron chi connectivity index (χ3n) is 6.91. The van der Waals surface area contributed by atoms with Gasteiger partial charge in [-0.05, 0) is 85.8 Å². The van der Waals surface area contributed by atoms with E-state index >= 15 is 0 Å². The molecule has 0 unspecified atom stereocenters. The number of aryl methyl sites for hydroxylation is 1. The van der Waals surface area contributed by atoms with E-state index in [2.05, 4.69) is 51.2 Å². The van der Waals surface area contributed by atoms with Crippen molar-refractivity contribution in [1.82, 2.24) is 9.47 Å². The van der Waals surface area contributed by atoms with E-state index in [-0.39, 0.29) is 17.6 Å². The second kappa shape index (κ2) is 10.2. The Labute approximate surface area is 210 Å². The van der Waals surface area contributed by atoms with Crippen LogP contribution in [0.3, 0.4) is 0 Å². The highest BCUT2D eigenvalue weighted by Gasteiger charge is 2.26. The Hall–Kier alpha value is -3.15. The third-order valence-corrected chi connectivity index (χ3v) is 7.14. The van der Waals surface area contributed by atoms with E-state index in [4.69, 9.17) is 11.6 Å². The van der Waals surface area contributed by atoms with Crippen molar-refractivity contribution in [2.24, 2.45) is 5.92 Å². The molecule has 1 aliphatic heterocycles. The summed E-state index contributed by atoms with van der Waals surface area (Å²) in [6.07, 6.45) is 1.57. The summed E-state index contributed by atoms with van der Waals surface area (Å²) in [6.45, 7) is 4.99. The first-order valence-electron chi connectivity index (χ1n) is 12.1. The molecule has 1 saturated heterocycles. The van der Waals surface area contributed by atoms with Gasteiger partial charge < -0.3 is 9.88 Å². The van der Waals surface area contributed by atoms with E-state index in [1.54, 1.807) is 19.1 Å². The number of piperidine rings is 1. The van der Waals surface area contributed by atoms with Crippen LogP contribution < -0.4 is 5.32 Å². The number of benzene rings is 3. The summed E-state index contributed by atoms with van der Waals surface area (Å²) < 4.78 is 16.2. The number of anilines is 1. The van der Waals surface area contributed by atoms with Crippen molar-refractivity contribution in [1.29, 1.82) is 0 Å². The highest BCUT2D eigenvalue weighted by molar-refractivity contribution is 6.30. The Kier molecular flexibility index (Phi) is 6.89. The molecule has 180 valence electrons. The molecule has 1 N–H and O–H groups in total. The van der Waals surface area contributed by atoms with Crippen LogP contribution in [-0.2, 0) is 17.9 Å². The van der Waals surface area contributed by atoms with Crippen LogP contribution in [0.15, 0.2) is 72.8 Å². The Morgan fingerprint density at radius 2 is 1.80 bits per heavy atom. The number of carbonyl (C=O) groups excluding carboxylic acids is 1. The van der Waals surface area contributed by atoms with E-state index in [0.717, 1.165) is 44.0 Å². The summed E-state index contributed by atoms with van der Waals surface area (Å²) in [5, 5.41) is 4.86. The first kappa shape index (κ1) is 23.6. The smallest absolute Gasteiger partial charge is 0.227 e. The lowest BCUT2D eigenvalue weighted by molar-refractivity contribution is -0.121. The average molecular weight is 490 g/mol. The molecule has 2 heterocycles. The van der Waals surface area contributed by atoms with Crippen molar-refractivity contribution < 1.29 is 9.18 Å². The lowest BCUT2D eigenvalue weighted by Gasteiger charge is -2.31. The third kappa shape index (κ3) is 5.42. The number of likely N-dealkylation sites (tertiary alicyclic amines) is 1. The molecule has 0 aliphatic carbocycles. The van der Waals surface area contributed by atoms with Crippen LogP contribution in [0.5, 0.6) is 0 Å². The molecule has 5 rings (SSSR count). The minimum Gasteiger partial charge on any atom is -0.339 e. The number of amides is 1. The normalized spacial score (nSPS) is 14.9. The first-order valence-corrected chi connectivity index (χ1v) is 12.4. The van der Waals surface area contributed by atoms with Crippen LogP contribution in [-0.4, -0.2) is 28.5 Å². The topological polar surface area (TPSA) is 37.3 Å². The predicted molar refractivity (Wildman–Crippen MR) is 140 cm³/mol. The molecule has 0 atom stereocenters. The van der Waals surface area contributed by atoms with Gasteiger partial charge in [0.05, 0.1) is 0 Å². The fraction of sp³-hybridized carbons (Fsp3) is 0.276. The van der Waals surface area contributed by atoms with Gasteiger partial charge in [0.25, 0.3) is 0 Å². The number of hydrogen-bond acceptors (Lipinski definition) is 2. The zero-order chi connectivity index (χ0) is 24.4. The SMILES string of the molecule is Cc1ccc(NC(=O)C2CCN(Cc3cc4ccccc4n3Cc3cccc(Cl)c3)CC2)cc1F. The van der Waals surface area contributed by atoms with Crippen molar-refractivity contribution in [3.63, 3.8) is 0 Å². The minimum absolute atomic E-state index is 0.0250. The molecule has 1 fully saturated rings.